The zero-order valence-electron chi connectivity index (χ0n) is 7.99. The summed E-state index contributed by atoms with van der Waals surface area (Å²) in [6.45, 7) is 3.97. The molecule has 5 N–H and O–H groups in total. The molecule has 0 aliphatic carbocycles. The Balaban J connectivity index is 0.00000169. The second-order valence-electron chi connectivity index (χ2n) is 2.49. The van der Waals surface area contributed by atoms with Crippen LogP contribution in [-0.2, 0) is 0 Å². The molecule has 1 rings (SSSR count). The first kappa shape index (κ1) is 12.2. The van der Waals surface area contributed by atoms with Crippen LogP contribution in [0.5, 0.6) is 0 Å². The van der Waals surface area contributed by atoms with Crippen molar-refractivity contribution in [3.05, 3.63) is 43.0 Å². The minimum atomic E-state index is -0.217. The lowest BCUT2D eigenvalue weighted by Crippen LogP contribution is -2.28. The van der Waals surface area contributed by atoms with Crippen LogP contribution >= 0.6 is 0 Å². The average molecular weight is 193 g/mol. The summed E-state index contributed by atoms with van der Waals surface area (Å²) in [6.07, 6.45) is 1.63. The van der Waals surface area contributed by atoms with Crippen LogP contribution in [0.1, 0.15) is 0 Å². The van der Waals surface area contributed by atoms with Crippen molar-refractivity contribution in [1.82, 2.24) is 11.5 Å². The molecule has 0 aliphatic heterocycles. The molecule has 76 valence electrons. The van der Waals surface area contributed by atoms with Crippen molar-refractivity contribution >= 4 is 11.7 Å². The number of nitrogens with one attached hydrogen (secondary N) is 2. The van der Waals surface area contributed by atoms with Crippen LogP contribution in [0.4, 0.5) is 10.5 Å². The molecule has 0 aliphatic rings. The van der Waals surface area contributed by atoms with Gasteiger partial charge in [-0.15, -0.1) is 6.58 Å². The van der Waals surface area contributed by atoms with Gasteiger partial charge in [0.1, 0.15) is 0 Å². The van der Waals surface area contributed by atoms with E-state index < -0.39 is 0 Å². The highest BCUT2D eigenvalue weighted by Crippen LogP contribution is 2.03. The van der Waals surface area contributed by atoms with Crippen molar-refractivity contribution in [2.24, 2.45) is 0 Å². The van der Waals surface area contributed by atoms with E-state index >= 15 is 0 Å². The van der Waals surface area contributed by atoms with Crippen molar-refractivity contribution in [1.29, 1.82) is 0 Å². The van der Waals surface area contributed by atoms with Gasteiger partial charge in [-0.05, 0) is 12.1 Å². The number of carbonyl (C=O) groups excluding carboxylic acids is 1. The summed E-state index contributed by atoms with van der Waals surface area (Å²) in [5.41, 5.74) is 0.782. The zero-order valence-corrected chi connectivity index (χ0v) is 7.99. The van der Waals surface area contributed by atoms with Crippen LogP contribution < -0.4 is 16.8 Å². The van der Waals surface area contributed by atoms with Crippen LogP contribution in [0, 0.1) is 0 Å². The van der Waals surface area contributed by atoms with Crippen molar-refractivity contribution in [3.63, 3.8) is 0 Å². The van der Waals surface area contributed by atoms with E-state index in [1.807, 2.05) is 30.3 Å². The Morgan fingerprint density at radius 2 is 2.00 bits per heavy atom. The largest absolute Gasteiger partial charge is 0.344 e. The van der Waals surface area contributed by atoms with Gasteiger partial charge in [0.15, 0.2) is 0 Å². The molecule has 14 heavy (non-hydrogen) atoms. The molecule has 1 aromatic carbocycles. The van der Waals surface area contributed by atoms with Gasteiger partial charge in [-0.2, -0.15) is 0 Å². The molecule has 0 atom stereocenters. The lowest BCUT2D eigenvalue weighted by molar-refractivity contribution is 0.253. The Bertz CT molecular complexity index is 285. The summed E-state index contributed by atoms with van der Waals surface area (Å²) < 4.78 is 0. The molecular weight excluding hydrogens is 178 g/mol. The Kier molecular flexibility index (Phi) is 5.82. The van der Waals surface area contributed by atoms with Crippen LogP contribution in [0.3, 0.4) is 0 Å². The molecule has 0 fully saturated rings. The number of para-hydroxylation sites is 1. The Labute approximate surface area is 83.6 Å². The number of hydrogen-bond acceptors (Lipinski definition) is 2. The molecule has 0 spiro atoms. The van der Waals surface area contributed by atoms with Gasteiger partial charge in [0.05, 0.1) is 0 Å². The van der Waals surface area contributed by atoms with Gasteiger partial charge < -0.3 is 16.8 Å². The predicted molar refractivity (Wildman–Crippen MR) is 58.7 cm³/mol. The fourth-order valence-electron chi connectivity index (χ4n) is 0.862. The summed E-state index contributed by atoms with van der Waals surface area (Å²) in [7, 11) is 0. The maximum absolute atomic E-state index is 11.1. The second-order valence-corrected chi connectivity index (χ2v) is 2.49. The fourth-order valence-corrected chi connectivity index (χ4v) is 0.862. The number of urea groups is 1. The predicted octanol–water partition coefficient (Wildman–Crippen LogP) is 2.16. The van der Waals surface area contributed by atoms with Crippen molar-refractivity contribution < 1.29 is 4.79 Å². The van der Waals surface area contributed by atoms with Crippen LogP contribution in [0.15, 0.2) is 43.0 Å². The lowest BCUT2D eigenvalue weighted by Gasteiger charge is -2.04. The molecule has 0 bridgehead atoms. The van der Waals surface area contributed by atoms with Gasteiger partial charge in [-0.3, -0.25) is 0 Å². The molecule has 0 heterocycles. The number of benzene rings is 1. The minimum Gasteiger partial charge on any atom is -0.344 e. The van der Waals surface area contributed by atoms with Crippen molar-refractivity contribution in [3.8, 4) is 0 Å². The zero-order chi connectivity index (χ0) is 9.52. The molecule has 0 saturated carbocycles. The first-order valence-electron chi connectivity index (χ1n) is 4.03. The number of hydrogen-bond donors (Lipinski definition) is 3. The standard InChI is InChI=1S/C10H12N2O.H3N/c1-2-8-11-10(13)12-9-6-4-3-5-7-9;/h2-7H,1,8H2,(H2,11,12,13);1H3. The van der Waals surface area contributed by atoms with Crippen LogP contribution in [-0.4, -0.2) is 12.6 Å². The monoisotopic (exact) mass is 193 g/mol. The first-order valence-corrected chi connectivity index (χ1v) is 4.03. The first-order chi connectivity index (χ1) is 6.33. The molecular formula is C10H15N3O. The van der Waals surface area contributed by atoms with Crippen LogP contribution in [0.25, 0.3) is 0 Å². The van der Waals surface area contributed by atoms with Gasteiger partial charge in [0, 0.05) is 12.2 Å². The van der Waals surface area contributed by atoms with E-state index in [2.05, 4.69) is 17.2 Å². The third-order valence-corrected chi connectivity index (χ3v) is 1.44. The molecule has 4 nitrogen and oxygen atoms in total. The molecule has 0 saturated heterocycles. The Morgan fingerprint density at radius 3 is 2.57 bits per heavy atom. The highest BCUT2D eigenvalue weighted by atomic mass is 16.2. The second kappa shape index (κ2) is 6.68. The third kappa shape index (κ3) is 4.27. The third-order valence-electron chi connectivity index (χ3n) is 1.44. The number of amides is 2. The van der Waals surface area contributed by atoms with E-state index in [0.717, 1.165) is 5.69 Å². The minimum absolute atomic E-state index is 0. The molecule has 4 heteroatoms. The maximum atomic E-state index is 11.1. The van der Waals surface area contributed by atoms with E-state index in [9.17, 15) is 4.79 Å². The average Bonchev–Trinajstić information content (AvgIpc) is 2.16. The molecule has 2 amide bonds. The number of anilines is 1. The molecule has 0 radical (unpaired) electrons. The molecule has 1 aromatic rings. The smallest absolute Gasteiger partial charge is 0.319 e. The quantitative estimate of drug-likeness (QED) is 0.643. The summed E-state index contributed by atoms with van der Waals surface area (Å²) in [5.74, 6) is 0. The Hall–Kier alpha value is -1.81. The molecule has 0 aromatic heterocycles. The summed E-state index contributed by atoms with van der Waals surface area (Å²) >= 11 is 0. The fraction of sp³-hybridized carbons (Fsp3) is 0.100. The van der Waals surface area contributed by atoms with Gasteiger partial charge >= 0.3 is 6.03 Å². The normalized spacial score (nSPS) is 8.29. The van der Waals surface area contributed by atoms with Crippen LogP contribution in [0.2, 0.25) is 0 Å². The van der Waals surface area contributed by atoms with Crippen molar-refractivity contribution in [2.75, 3.05) is 11.9 Å². The van der Waals surface area contributed by atoms with E-state index in [1.165, 1.54) is 0 Å². The Morgan fingerprint density at radius 1 is 1.36 bits per heavy atom. The lowest BCUT2D eigenvalue weighted by atomic mass is 10.3. The highest BCUT2D eigenvalue weighted by molar-refractivity contribution is 5.89. The van der Waals surface area contributed by atoms with E-state index in [-0.39, 0.29) is 12.2 Å². The summed E-state index contributed by atoms with van der Waals surface area (Å²) in [5, 5.41) is 5.29. The van der Waals surface area contributed by atoms with Gasteiger partial charge in [-0.1, -0.05) is 24.3 Å². The van der Waals surface area contributed by atoms with E-state index in [0.29, 0.717) is 6.54 Å². The summed E-state index contributed by atoms with van der Waals surface area (Å²) in [4.78, 5) is 11.1. The summed E-state index contributed by atoms with van der Waals surface area (Å²) in [6, 6.07) is 9.06. The van der Waals surface area contributed by atoms with Gasteiger partial charge in [0.25, 0.3) is 0 Å². The van der Waals surface area contributed by atoms with Gasteiger partial charge in [0.2, 0.25) is 0 Å². The van der Waals surface area contributed by atoms with Gasteiger partial charge in [-0.25, -0.2) is 4.79 Å². The number of carbonyl (C=O) groups is 1. The topological polar surface area (TPSA) is 76.1 Å². The SMILES string of the molecule is C=CCNC(=O)Nc1ccccc1.N. The highest BCUT2D eigenvalue weighted by Gasteiger charge is 1.97. The number of rotatable bonds is 3. The van der Waals surface area contributed by atoms with Crippen molar-refractivity contribution in [2.45, 2.75) is 0 Å². The molecule has 0 unspecified atom stereocenters. The van der Waals surface area contributed by atoms with E-state index in [4.69, 9.17) is 0 Å². The maximum Gasteiger partial charge on any atom is 0.319 e. The van der Waals surface area contributed by atoms with E-state index in [1.54, 1.807) is 6.08 Å².